The van der Waals surface area contributed by atoms with Crippen molar-refractivity contribution in [2.45, 2.75) is 64.3 Å². The number of hydrogen-bond acceptors (Lipinski definition) is 6. The largest absolute Gasteiger partial charge is 0.354 e. The maximum absolute atomic E-state index is 12.2. The molecule has 6 N–H and O–H groups in total. The van der Waals surface area contributed by atoms with Crippen molar-refractivity contribution in [3.05, 3.63) is 71.3 Å². The molecule has 196 valence electrons. The molecule has 0 aliphatic carbocycles. The second kappa shape index (κ2) is 16.4. The minimum Gasteiger partial charge on any atom is -0.354 e. The molecular formula is C28H40N4O4. The van der Waals surface area contributed by atoms with Gasteiger partial charge in [0.05, 0.1) is 18.4 Å². The highest BCUT2D eigenvalue weighted by atomic mass is 16.7. The van der Waals surface area contributed by atoms with Gasteiger partial charge in [-0.2, -0.15) is 5.48 Å². The standard InChI is InChI=1S/C28H40N4O4/c1-21(20-31-27(34)25(30)13-7-8-18-29)28(35)36-32-26(33)19-24-16-14-23(15-17-24)12-6-5-11-22-9-3-2-4-10-22/h2-4,9-10,14-17,21,25H,5-8,11-13,18-20,29-30H2,1H3,(H,31,34)(H,32,33)/t21-,25-/m1/s1. The SMILES string of the molecule is C[C@H](CNC(=O)[C@H](N)CCCCN)C(=O)ONC(=O)Cc1ccc(CCCCc2ccccc2)cc1. The van der Waals surface area contributed by atoms with E-state index in [9.17, 15) is 14.4 Å². The molecule has 2 amide bonds. The van der Waals surface area contributed by atoms with Crippen molar-refractivity contribution in [1.82, 2.24) is 10.8 Å². The van der Waals surface area contributed by atoms with Crippen molar-refractivity contribution in [2.75, 3.05) is 13.1 Å². The molecule has 0 heterocycles. The Bertz CT molecular complexity index is 934. The molecule has 0 saturated carbocycles. The summed E-state index contributed by atoms with van der Waals surface area (Å²) in [6.45, 7) is 2.24. The first-order chi connectivity index (χ1) is 17.4. The highest BCUT2D eigenvalue weighted by Crippen LogP contribution is 2.11. The smallest absolute Gasteiger partial charge is 0.336 e. The summed E-state index contributed by atoms with van der Waals surface area (Å²) in [5, 5.41) is 2.64. The van der Waals surface area contributed by atoms with Gasteiger partial charge >= 0.3 is 5.97 Å². The van der Waals surface area contributed by atoms with Crippen LogP contribution in [0, 0.1) is 5.92 Å². The molecule has 2 rings (SSSR count). The predicted molar refractivity (Wildman–Crippen MR) is 141 cm³/mol. The van der Waals surface area contributed by atoms with Gasteiger partial charge in [0.15, 0.2) is 0 Å². The topological polar surface area (TPSA) is 137 Å². The molecule has 2 aromatic rings. The number of nitrogens with two attached hydrogens (primary N) is 2. The van der Waals surface area contributed by atoms with Crippen molar-refractivity contribution in [3.8, 4) is 0 Å². The number of hydrogen-bond donors (Lipinski definition) is 4. The summed E-state index contributed by atoms with van der Waals surface area (Å²) in [4.78, 5) is 41.2. The van der Waals surface area contributed by atoms with Crippen LogP contribution in [0.2, 0.25) is 0 Å². The lowest BCUT2D eigenvalue weighted by Crippen LogP contribution is -2.43. The second-order valence-corrected chi connectivity index (χ2v) is 9.17. The number of rotatable bonds is 15. The number of hydroxylamine groups is 1. The van der Waals surface area contributed by atoms with Crippen LogP contribution in [0.4, 0.5) is 0 Å². The molecular weight excluding hydrogens is 456 g/mol. The molecule has 0 aliphatic heterocycles. The summed E-state index contributed by atoms with van der Waals surface area (Å²) in [6.07, 6.45) is 6.51. The lowest BCUT2D eigenvalue weighted by molar-refractivity contribution is -0.161. The van der Waals surface area contributed by atoms with Crippen molar-refractivity contribution in [1.29, 1.82) is 0 Å². The van der Waals surface area contributed by atoms with Gasteiger partial charge in [0.2, 0.25) is 5.91 Å². The van der Waals surface area contributed by atoms with E-state index in [2.05, 4.69) is 35.1 Å². The zero-order chi connectivity index (χ0) is 26.2. The summed E-state index contributed by atoms with van der Waals surface area (Å²) < 4.78 is 0. The Morgan fingerprint density at radius 1 is 0.861 bits per heavy atom. The zero-order valence-corrected chi connectivity index (χ0v) is 21.2. The normalized spacial score (nSPS) is 12.4. The molecule has 0 aromatic heterocycles. The summed E-state index contributed by atoms with van der Waals surface area (Å²) in [7, 11) is 0. The molecule has 0 spiro atoms. The summed E-state index contributed by atoms with van der Waals surface area (Å²) >= 11 is 0. The van der Waals surface area contributed by atoms with Crippen molar-refractivity contribution in [2.24, 2.45) is 17.4 Å². The summed E-state index contributed by atoms with van der Waals surface area (Å²) in [5.41, 5.74) is 16.9. The highest BCUT2D eigenvalue weighted by Gasteiger charge is 2.19. The van der Waals surface area contributed by atoms with Gasteiger partial charge in [-0.25, -0.2) is 4.79 Å². The Kier molecular flexibility index (Phi) is 13.2. The molecule has 2 aromatic carbocycles. The van der Waals surface area contributed by atoms with Crippen LogP contribution < -0.4 is 22.3 Å². The van der Waals surface area contributed by atoms with E-state index >= 15 is 0 Å². The van der Waals surface area contributed by atoms with E-state index in [-0.39, 0.29) is 18.9 Å². The number of nitrogens with one attached hydrogen (secondary N) is 2. The molecule has 0 fully saturated rings. The van der Waals surface area contributed by atoms with Crippen LogP contribution in [0.15, 0.2) is 54.6 Å². The van der Waals surface area contributed by atoms with E-state index in [0.29, 0.717) is 13.0 Å². The highest BCUT2D eigenvalue weighted by molar-refractivity contribution is 5.83. The van der Waals surface area contributed by atoms with Crippen molar-refractivity contribution in [3.63, 3.8) is 0 Å². The van der Waals surface area contributed by atoms with Crippen LogP contribution in [0.5, 0.6) is 0 Å². The van der Waals surface area contributed by atoms with E-state index in [1.807, 2.05) is 30.3 Å². The van der Waals surface area contributed by atoms with Gasteiger partial charge in [0, 0.05) is 6.54 Å². The lowest BCUT2D eigenvalue weighted by atomic mass is 10.0. The average Bonchev–Trinajstić information content (AvgIpc) is 2.89. The number of aryl methyl sites for hydroxylation is 2. The Balaban J connectivity index is 1.62. The molecule has 0 saturated heterocycles. The van der Waals surface area contributed by atoms with Crippen LogP contribution in [-0.2, 0) is 38.5 Å². The number of amides is 2. The Labute approximate surface area is 214 Å². The molecule has 0 bridgehead atoms. The fraction of sp³-hybridized carbons (Fsp3) is 0.464. The third-order valence-corrected chi connectivity index (χ3v) is 5.97. The predicted octanol–water partition coefficient (Wildman–Crippen LogP) is 2.58. The third-order valence-electron chi connectivity index (χ3n) is 5.97. The molecule has 0 aliphatic rings. The van der Waals surface area contributed by atoms with Gasteiger partial charge in [0.1, 0.15) is 0 Å². The molecule has 36 heavy (non-hydrogen) atoms. The molecule has 8 nitrogen and oxygen atoms in total. The minimum atomic E-state index is -0.639. The van der Waals surface area contributed by atoms with E-state index < -0.39 is 23.8 Å². The molecule has 8 heteroatoms. The van der Waals surface area contributed by atoms with E-state index in [4.69, 9.17) is 16.3 Å². The minimum absolute atomic E-state index is 0.0743. The van der Waals surface area contributed by atoms with Crippen LogP contribution in [0.25, 0.3) is 0 Å². The average molecular weight is 497 g/mol. The van der Waals surface area contributed by atoms with Crippen molar-refractivity contribution >= 4 is 17.8 Å². The van der Waals surface area contributed by atoms with Gasteiger partial charge in [-0.15, -0.1) is 0 Å². The van der Waals surface area contributed by atoms with Crippen LogP contribution in [-0.4, -0.2) is 36.9 Å². The van der Waals surface area contributed by atoms with E-state index in [1.165, 1.54) is 11.1 Å². The number of carbonyl (C=O) groups excluding carboxylic acids is 3. The second-order valence-electron chi connectivity index (χ2n) is 9.17. The van der Waals surface area contributed by atoms with Gasteiger partial charge in [-0.05, 0) is 61.8 Å². The first kappa shape index (κ1) is 29.0. The van der Waals surface area contributed by atoms with Crippen LogP contribution in [0.3, 0.4) is 0 Å². The van der Waals surface area contributed by atoms with Gasteiger partial charge in [-0.3, -0.25) is 9.59 Å². The lowest BCUT2D eigenvalue weighted by Gasteiger charge is -2.15. The number of carbonyl (C=O) groups is 3. The third kappa shape index (κ3) is 11.5. The maximum Gasteiger partial charge on any atom is 0.336 e. The summed E-state index contributed by atoms with van der Waals surface area (Å²) in [5.74, 6) is -2.01. The van der Waals surface area contributed by atoms with Crippen molar-refractivity contribution < 1.29 is 19.2 Å². The Morgan fingerprint density at radius 3 is 2.11 bits per heavy atom. The summed E-state index contributed by atoms with van der Waals surface area (Å²) in [6, 6.07) is 17.7. The Morgan fingerprint density at radius 2 is 1.47 bits per heavy atom. The number of unbranched alkanes of at least 4 members (excludes halogenated alkanes) is 2. The zero-order valence-electron chi connectivity index (χ0n) is 21.2. The molecule has 0 radical (unpaired) electrons. The fourth-order valence-electron chi connectivity index (χ4n) is 3.66. The quantitative estimate of drug-likeness (QED) is 0.221. The monoisotopic (exact) mass is 496 g/mol. The van der Waals surface area contributed by atoms with Crippen LogP contribution in [0.1, 0.15) is 55.7 Å². The van der Waals surface area contributed by atoms with E-state index in [1.54, 1.807) is 6.92 Å². The van der Waals surface area contributed by atoms with Gasteiger partial charge in [-0.1, -0.05) is 67.9 Å². The van der Waals surface area contributed by atoms with Gasteiger partial charge < -0.3 is 21.6 Å². The van der Waals surface area contributed by atoms with E-state index in [0.717, 1.165) is 44.1 Å². The number of benzene rings is 2. The Hall–Kier alpha value is -3.23. The maximum atomic E-state index is 12.2. The fourth-order valence-corrected chi connectivity index (χ4v) is 3.66. The first-order valence-electron chi connectivity index (χ1n) is 12.7. The molecule has 0 unspecified atom stereocenters. The first-order valence-corrected chi connectivity index (χ1v) is 12.7. The van der Waals surface area contributed by atoms with Gasteiger partial charge in [0.25, 0.3) is 5.91 Å². The van der Waals surface area contributed by atoms with Crippen LogP contribution >= 0.6 is 0 Å². The molecule has 2 atom stereocenters.